The molecule has 0 saturated carbocycles. The first-order valence-corrected chi connectivity index (χ1v) is 11.2. The number of rotatable bonds is 5. The average Bonchev–Trinajstić information content (AvgIpc) is 2.78. The van der Waals surface area contributed by atoms with Gasteiger partial charge in [-0.25, -0.2) is 27.2 Å². The first kappa shape index (κ1) is 21.4. The lowest BCUT2D eigenvalue weighted by Crippen LogP contribution is -2.48. The van der Waals surface area contributed by atoms with Gasteiger partial charge in [0.05, 0.1) is 11.9 Å². The molecule has 7 nitrogen and oxygen atoms in total. The molecule has 1 aliphatic heterocycles. The van der Waals surface area contributed by atoms with Crippen LogP contribution in [-0.4, -0.2) is 58.8 Å². The van der Waals surface area contributed by atoms with Crippen LogP contribution in [0, 0.1) is 18.6 Å². The van der Waals surface area contributed by atoms with Gasteiger partial charge in [0, 0.05) is 56.2 Å². The molecule has 1 saturated heterocycles. The lowest BCUT2D eigenvalue weighted by molar-refractivity contribution is 0.179. The maximum atomic E-state index is 13.9. The summed E-state index contributed by atoms with van der Waals surface area (Å²) in [5, 5.41) is 0. The Bertz CT molecular complexity index is 1180. The van der Waals surface area contributed by atoms with Crippen molar-refractivity contribution in [2.75, 3.05) is 26.2 Å². The van der Waals surface area contributed by atoms with Crippen LogP contribution in [0.1, 0.15) is 11.3 Å². The summed E-state index contributed by atoms with van der Waals surface area (Å²) in [7, 11) is -3.77. The van der Waals surface area contributed by atoms with Crippen LogP contribution < -0.4 is 0 Å². The van der Waals surface area contributed by atoms with E-state index in [4.69, 9.17) is 0 Å². The van der Waals surface area contributed by atoms with Crippen molar-refractivity contribution in [3.8, 4) is 11.4 Å². The first-order chi connectivity index (χ1) is 14.9. The molecule has 3 heterocycles. The summed E-state index contributed by atoms with van der Waals surface area (Å²) in [6, 6.07) is 7.58. The van der Waals surface area contributed by atoms with Gasteiger partial charge in [0.2, 0.25) is 10.0 Å². The zero-order valence-electron chi connectivity index (χ0n) is 16.9. The second-order valence-corrected chi connectivity index (χ2v) is 9.18. The molecule has 0 aliphatic carbocycles. The van der Waals surface area contributed by atoms with Gasteiger partial charge in [-0.3, -0.25) is 9.88 Å². The molecule has 0 radical (unpaired) electrons. The molecule has 0 unspecified atom stereocenters. The minimum Gasteiger partial charge on any atom is -0.296 e. The van der Waals surface area contributed by atoms with Crippen molar-refractivity contribution in [3.63, 3.8) is 0 Å². The summed E-state index contributed by atoms with van der Waals surface area (Å²) in [4.78, 5) is 14.5. The Balaban J connectivity index is 1.46. The highest BCUT2D eigenvalue weighted by Crippen LogP contribution is 2.23. The molecule has 0 atom stereocenters. The van der Waals surface area contributed by atoms with Gasteiger partial charge in [-0.2, -0.15) is 4.31 Å². The molecule has 0 amide bonds. The third kappa shape index (κ3) is 4.46. The van der Waals surface area contributed by atoms with Gasteiger partial charge in [-0.1, -0.05) is 12.1 Å². The highest BCUT2D eigenvalue weighted by atomic mass is 32.2. The summed E-state index contributed by atoms with van der Waals surface area (Å²) in [5.41, 5.74) is 1.37. The maximum Gasteiger partial charge on any atom is 0.246 e. The summed E-state index contributed by atoms with van der Waals surface area (Å²) in [6.45, 7) is 3.16. The molecule has 1 aliphatic rings. The topological polar surface area (TPSA) is 79.3 Å². The number of sulfonamides is 1. The number of benzene rings is 1. The van der Waals surface area contributed by atoms with Crippen molar-refractivity contribution >= 4 is 10.0 Å². The third-order valence-electron chi connectivity index (χ3n) is 5.25. The second-order valence-electron chi connectivity index (χ2n) is 7.27. The molecule has 1 fully saturated rings. The Labute approximate surface area is 179 Å². The van der Waals surface area contributed by atoms with E-state index in [-0.39, 0.29) is 30.1 Å². The number of aryl methyl sites for hydroxylation is 1. The van der Waals surface area contributed by atoms with Crippen molar-refractivity contribution in [1.29, 1.82) is 0 Å². The molecule has 10 heteroatoms. The number of hydrogen-bond acceptors (Lipinski definition) is 6. The lowest BCUT2D eigenvalue weighted by atomic mass is 10.2. The first-order valence-electron chi connectivity index (χ1n) is 9.75. The Morgan fingerprint density at radius 1 is 1.03 bits per heavy atom. The molecule has 0 bridgehead atoms. The SMILES string of the molecule is Cc1nc(-c2ccncc2)ncc1S(=O)(=O)N1CCN(Cc2cccc(F)c2F)CC1. The van der Waals surface area contributed by atoms with Crippen LogP contribution in [0.2, 0.25) is 0 Å². The summed E-state index contributed by atoms with van der Waals surface area (Å²) in [6.07, 6.45) is 4.57. The number of nitrogens with zero attached hydrogens (tertiary/aromatic N) is 5. The highest BCUT2D eigenvalue weighted by Gasteiger charge is 2.31. The van der Waals surface area contributed by atoms with Crippen molar-refractivity contribution in [3.05, 3.63) is 71.8 Å². The second kappa shape index (κ2) is 8.74. The van der Waals surface area contributed by atoms with Crippen LogP contribution in [-0.2, 0) is 16.6 Å². The number of pyridine rings is 1. The van der Waals surface area contributed by atoms with Gasteiger partial charge in [0.1, 0.15) is 4.90 Å². The Hall–Kier alpha value is -2.82. The van der Waals surface area contributed by atoms with Crippen LogP contribution in [0.4, 0.5) is 8.78 Å². The van der Waals surface area contributed by atoms with Crippen molar-refractivity contribution in [2.45, 2.75) is 18.4 Å². The van der Waals surface area contributed by atoms with E-state index in [0.717, 1.165) is 11.6 Å². The van der Waals surface area contributed by atoms with Gasteiger partial charge in [-0.15, -0.1) is 0 Å². The third-order valence-corrected chi connectivity index (χ3v) is 7.25. The molecular weight excluding hydrogens is 424 g/mol. The smallest absolute Gasteiger partial charge is 0.246 e. The summed E-state index contributed by atoms with van der Waals surface area (Å²) < 4.78 is 55.0. The lowest BCUT2D eigenvalue weighted by Gasteiger charge is -2.34. The number of aromatic nitrogens is 3. The Morgan fingerprint density at radius 3 is 2.42 bits per heavy atom. The molecular formula is C21H21F2N5O2S. The van der Waals surface area contributed by atoms with Crippen molar-refractivity contribution in [2.24, 2.45) is 0 Å². The number of hydrogen-bond donors (Lipinski definition) is 0. The predicted molar refractivity (Wildman–Crippen MR) is 110 cm³/mol. The highest BCUT2D eigenvalue weighted by molar-refractivity contribution is 7.89. The Morgan fingerprint density at radius 2 is 1.74 bits per heavy atom. The van der Waals surface area contributed by atoms with E-state index in [2.05, 4.69) is 15.0 Å². The predicted octanol–water partition coefficient (Wildman–Crippen LogP) is 2.63. The zero-order valence-corrected chi connectivity index (χ0v) is 17.7. The average molecular weight is 445 g/mol. The van der Waals surface area contributed by atoms with Crippen LogP contribution >= 0.6 is 0 Å². The fraction of sp³-hybridized carbons (Fsp3) is 0.286. The molecule has 0 spiro atoms. The number of halogens is 2. The minimum absolute atomic E-state index is 0.0648. The number of piperazine rings is 1. The molecule has 3 aromatic rings. The monoisotopic (exact) mass is 445 g/mol. The molecule has 2 aromatic heterocycles. The quantitative estimate of drug-likeness (QED) is 0.601. The van der Waals surface area contributed by atoms with E-state index < -0.39 is 21.7 Å². The molecule has 0 N–H and O–H groups in total. The van der Waals surface area contributed by atoms with E-state index in [1.807, 2.05) is 4.90 Å². The zero-order chi connectivity index (χ0) is 22.0. The van der Waals surface area contributed by atoms with Gasteiger partial charge < -0.3 is 0 Å². The molecule has 1 aromatic carbocycles. The van der Waals surface area contributed by atoms with Gasteiger partial charge in [0.15, 0.2) is 17.5 Å². The van der Waals surface area contributed by atoms with E-state index in [9.17, 15) is 17.2 Å². The van der Waals surface area contributed by atoms with E-state index >= 15 is 0 Å². The van der Waals surface area contributed by atoms with Crippen LogP contribution in [0.5, 0.6) is 0 Å². The molecule has 162 valence electrons. The molecule has 31 heavy (non-hydrogen) atoms. The van der Waals surface area contributed by atoms with Crippen molar-refractivity contribution in [1.82, 2.24) is 24.2 Å². The van der Waals surface area contributed by atoms with E-state index in [1.54, 1.807) is 31.5 Å². The van der Waals surface area contributed by atoms with E-state index in [0.29, 0.717) is 24.6 Å². The summed E-state index contributed by atoms with van der Waals surface area (Å²) in [5.74, 6) is -1.31. The standard InChI is InChI=1S/C21H21F2N5O2S/c1-15-19(13-25-21(26-15)16-5-7-24-8-6-16)31(29,30)28-11-9-27(10-12-28)14-17-3-2-4-18(22)20(17)23/h2-8,13H,9-12,14H2,1H3. The molecule has 4 rings (SSSR count). The summed E-state index contributed by atoms with van der Waals surface area (Å²) >= 11 is 0. The van der Waals surface area contributed by atoms with Crippen LogP contribution in [0.3, 0.4) is 0 Å². The maximum absolute atomic E-state index is 13.9. The van der Waals surface area contributed by atoms with Crippen molar-refractivity contribution < 1.29 is 17.2 Å². The normalized spacial score (nSPS) is 15.8. The fourth-order valence-electron chi connectivity index (χ4n) is 3.53. The van der Waals surface area contributed by atoms with Gasteiger partial charge >= 0.3 is 0 Å². The fourth-order valence-corrected chi connectivity index (χ4v) is 5.05. The Kier molecular flexibility index (Phi) is 6.03. The van der Waals surface area contributed by atoms with Gasteiger partial charge in [0.25, 0.3) is 0 Å². The largest absolute Gasteiger partial charge is 0.296 e. The van der Waals surface area contributed by atoms with Crippen LogP contribution in [0.25, 0.3) is 11.4 Å². The van der Waals surface area contributed by atoms with Gasteiger partial charge in [-0.05, 0) is 25.1 Å². The minimum atomic E-state index is -3.77. The van der Waals surface area contributed by atoms with Crippen LogP contribution in [0.15, 0.2) is 53.8 Å². The van der Waals surface area contributed by atoms with E-state index in [1.165, 1.54) is 22.6 Å².